The number of benzene rings is 3. The average Bonchev–Trinajstić information content (AvgIpc) is 3.11. The third kappa shape index (κ3) is 10.3. The molecule has 1 aliphatic heterocycles. The fourth-order valence-corrected chi connectivity index (χ4v) is 5.53. The van der Waals surface area contributed by atoms with Gasteiger partial charge in [-0.1, -0.05) is 31.2 Å². The summed E-state index contributed by atoms with van der Waals surface area (Å²) in [5.41, 5.74) is 7.74. The number of amides is 3. The molecule has 1 heterocycles. The topological polar surface area (TPSA) is 117 Å². The van der Waals surface area contributed by atoms with Crippen molar-refractivity contribution in [3.8, 4) is 11.5 Å². The van der Waals surface area contributed by atoms with Crippen LogP contribution in [0.3, 0.4) is 0 Å². The monoisotopic (exact) mass is 643 g/mol. The zero-order chi connectivity index (χ0) is 33.4. The largest absolute Gasteiger partial charge is 0.493 e. The normalized spacial score (nSPS) is 13.2. The molecule has 1 fully saturated rings. The molecule has 0 unspecified atom stereocenters. The van der Waals surface area contributed by atoms with E-state index in [0.717, 1.165) is 52.0 Å². The second kappa shape index (κ2) is 18.7. The Hall–Kier alpha value is -4.41. The third-order valence-electron chi connectivity index (χ3n) is 8.31. The number of rotatable bonds is 17. The van der Waals surface area contributed by atoms with E-state index in [1.807, 2.05) is 42.2 Å². The molecule has 10 heteroatoms. The second-order valence-electron chi connectivity index (χ2n) is 11.5. The lowest BCUT2D eigenvalue weighted by molar-refractivity contribution is -0.133. The van der Waals surface area contributed by atoms with Crippen molar-refractivity contribution in [2.24, 2.45) is 5.73 Å². The number of anilines is 2. The standard InChI is InChI=1S/C37H49N5O5/c1-3-40-23-25-41(26-24-40)35(43)17-6-5-11-27-47-34-16-10-8-14-32(34)42(4-2)37(45)29-18-20-30(21-19-29)39-36(44)31-13-7-9-15-33(31)46-28-12-22-38/h7-10,13-16,18-21H,3-6,11-12,17,22-28,38H2,1-2H3,(H,39,44). The lowest BCUT2D eigenvalue weighted by atomic mass is 10.1. The van der Waals surface area contributed by atoms with Gasteiger partial charge in [0.25, 0.3) is 11.8 Å². The van der Waals surface area contributed by atoms with E-state index in [0.29, 0.717) is 73.1 Å². The van der Waals surface area contributed by atoms with Gasteiger partial charge in [-0.15, -0.1) is 0 Å². The average molecular weight is 644 g/mol. The van der Waals surface area contributed by atoms with Crippen LogP contribution < -0.4 is 25.4 Å². The lowest BCUT2D eigenvalue weighted by Gasteiger charge is -2.34. The Kier molecular flexibility index (Phi) is 14.1. The van der Waals surface area contributed by atoms with Gasteiger partial charge in [0.05, 0.1) is 24.5 Å². The van der Waals surface area contributed by atoms with Crippen molar-refractivity contribution in [3.63, 3.8) is 0 Å². The second-order valence-corrected chi connectivity index (χ2v) is 11.5. The molecule has 3 aromatic carbocycles. The van der Waals surface area contributed by atoms with Gasteiger partial charge >= 0.3 is 0 Å². The summed E-state index contributed by atoms with van der Waals surface area (Å²) in [6, 6.07) is 21.5. The molecule has 0 saturated carbocycles. The molecule has 3 aromatic rings. The summed E-state index contributed by atoms with van der Waals surface area (Å²) in [5.74, 6) is 0.915. The van der Waals surface area contributed by atoms with Crippen molar-refractivity contribution >= 4 is 29.1 Å². The molecule has 1 aliphatic rings. The first-order chi connectivity index (χ1) is 22.9. The van der Waals surface area contributed by atoms with Crippen LogP contribution >= 0.6 is 0 Å². The molecule has 4 rings (SSSR count). The zero-order valence-corrected chi connectivity index (χ0v) is 27.8. The van der Waals surface area contributed by atoms with Gasteiger partial charge in [0, 0.05) is 50.4 Å². The minimum absolute atomic E-state index is 0.168. The van der Waals surface area contributed by atoms with Crippen LogP contribution in [0.5, 0.6) is 11.5 Å². The molecule has 0 atom stereocenters. The predicted octanol–water partition coefficient (Wildman–Crippen LogP) is 5.44. The molecule has 0 aromatic heterocycles. The number of hydrogen-bond acceptors (Lipinski definition) is 7. The smallest absolute Gasteiger partial charge is 0.259 e. The molecule has 3 N–H and O–H groups in total. The van der Waals surface area contributed by atoms with Crippen LogP contribution in [-0.4, -0.2) is 86.5 Å². The van der Waals surface area contributed by atoms with Crippen molar-refractivity contribution in [2.45, 2.75) is 46.0 Å². The van der Waals surface area contributed by atoms with E-state index in [4.69, 9.17) is 15.2 Å². The SMILES string of the molecule is CCN1CCN(C(=O)CCCCCOc2ccccc2N(CC)C(=O)c2ccc(NC(=O)c3ccccc3OCCCN)cc2)CC1. The number of piperazine rings is 1. The van der Waals surface area contributed by atoms with Crippen LogP contribution in [0.2, 0.25) is 0 Å². The maximum atomic E-state index is 13.6. The van der Waals surface area contributed by atoms with Crippen LogP contribution in [-0.2, 0) is 4.79 Å². The Morgan fingerprint density at radius 3 is 2.15 bits per heavy atom. The molecular formula is C37H49N5O5. The summed E-state index contributed by atoms with van der Waals surface area (Å²) >= 11 is 0. The maximum Gasteiger partial charge on any atom is 0.259 e. The van der Waals surface area contributed by atoms with E-state index >= 15 is 0 Å². The summed E-state index contributed by atoms with van der Waals surface area (Å²) < 4.78 is 11.9. The number of carbonyl (C=O) groups excluding carboxylic acids is 3. The Morgan fingerprint density at radius 2 is 1.45 bits per heavy atom. The Morgan fingerprint density at radius 1 is 0.787 bits per heavy atom. The van der Waals surface area contributed by atoms with Gasteiger partial charge in [0.15, 0.2) is 0 Å². The van der Waals surface area contributed by atoms with Crippen molar-refractivity contribution in [3.05, 3.63) is 83.9 Å². The number of nitrogens with one attached hydrogen (secondary N) is 1. The van der Waals surface area contributed by atoms with Gasteiger partial charge < -0.3 is 35.2 Å². The van der Waals surface area contributed by atoms with E-state index in [9.17, 15) is 14.4 Å². The highest BCUT2D eigenvalue weighted by Gasteiger charge is 2.21. The number of hydrogen-bond donors (Lipinski definition) is 2. The number of para-hydroxylation sites is 3. The first kappa shape index (κ1) is 35.4. The third-order valence-corrected chi connectivity index (χ3v) is 8.31. The first-order valence-electron chi connectivity index (χ1n) is 16.8. The first-order valence-corrected chi connectivity index (χ1v) is 16.8. The van der Waals surface area contributed by atoms with Crippen LogP contribution in [0.15, 0.2) is 72.8 Å². The number of unbranched alkanes of at least 4 members (excludes halogenated alkanes) is 2. The van der Waals surface area contributed by atoms with Crippen molar-refractivity contribution in [1.82, 2.24) is 9.80 Å². The van der Waals surface area contributed by atoms with Crippen LogP contribution in [0.4, 0.5) is 11.4 Å². The highest BCUT2D eigenvalue weighted by atomic mass is 16.5. The number of likely N-dealkylation sites (N-methyl/N-ethyl adjacent to an activating group) is 1. The number of carbonyl (C=O) groups is 3. The van der Waals surface area contributed by atoms with Gasteiger partial charge in [0.2, 0.25) is 5.91 Å². The molecule has 3 amide bonds. The van der Waals surface area contributed by atoms with E-state index in [2.05, 4.69) is 17.1 Å². The van der Waals surface area contributed by atoms with Crippen LogP contribution in [0, 0.1) is 0 Å². The lowest BCUT2D eigenvalue weighted by Crippen LogP contribution is -2.48. The summed E-state index contributed by atoms with van der Waals surface area (Å²) in [6.45, 7) is 10.6. The molecule has 0 bridgehead atoms. The molecule has 252 valence electrons. The summed E-state index contributed by atoms with van der Waals surface area (Å²) in [5, 5.41) is 2.89. The molecule has 1 saturated heterocycles. The maximum absolute atomic E-state index is 13.6. The van der Waals surface area contributed by atoms with E-state index in [1.54, 1.807) is 47.4 Å². The summed E-state index contributed by atoms with van der Waals surface area (Å²) in [6.07, 6.45) is 3.82. The zero-order valence-electron chi connectivity index (χ0n) is 27.8. The molecule has 0 spiro atoms. The van der Waals surface area contributed by atoms with Crippen LogP contribution in [0.25, 0.3) is 0 Å². The summed E-state index contributed by atoms with van der Waals surface area (Å²) in [7, 11) is 0. The highest BCUT2D eigenvalue weighted by molar-refractivity contribution is 6.08. The van der Waals surface area contributed by atoms with Crippen LogP contribution in [0.1, 0.15) is 66.7 Å². The van der Waals surface area contributed by atoms with Gasteiger partial charge in [-0.3, -0.25) is 14.4 Å². The fourth-order valence-electron chi connectivity index (χ4n) is 5.53. The fraction of sp³-hybridized carbons (Fsp3) is 0.432. The number of nitrogens with zero attached hydrogens (tertiary/aromatic N) is 3. The predicted molar refractivity (Wildman–Crippen MR) is 186 cm³/mol. The Balaban J connectivity index is 1.28. The van der Waals surface area contributed by atoms with Gasteiger partial charge in [-0.2, -0.15) is 0 Å². The highest BCUT2D eigenvalue weighted by Crippen LogP contribution is 2.30. The quantitative estimate of drug-likeness (QED) is 0.188. The van der Waals surface area contributed by atoms with E-state index in [-0.39, 0.29) is 17.7 Å². The molecule has 0 radical (unpaired) electrons. The molecule has 47 heavy (non-hydrogen) atoms. The van der Waals surface area contributed by atoms with Crippen molar-refractivity contribution in [1.29, 1.82) is 0 Å². The number of ether oxygens (including phenoxy) is 2. The van der Waals surface area contributed by atoms with E-state index < -0.39 is 0 Å². The Bertz CT molecular complexity index is 1440. The Labute approximate surface area is 278 Å². The van der Waals surface area contributed by atoms with E-state index in [1.165, 1.54) is 0 Å². The number of nitrogens with two attached hydrogens (primary N) is 1. The summed E-state index contributed by atoms with van der Waals surface area (Å²) in [4.78, 5) is 45.2. The molecular weight excluding hydrogens is 594 g/mol. The minimum Gasteiger partial charge on any atom is -0.493 e. The van der Waals surface area contributed by atoms with Crippen molar-refractivity contribution in [2.75, 3.05) is 69.2 Å². The molecule has 0 aliphatic carbocycles. The van der Waals surface area contributed by atoms with Gasteiger partial charge in [0.1, 0.15) is 11.5 Å². The molecule has 10 nitrogen and oxygen atoms in total. The minimum atomic E-state index is -0.300. The van der Waals surface area contributed by atoms with Gasteiger partial charge in [-0.25, -0.2) is 0 Å². The van der Waals surface area contributed by atoms with Crippen molar-refractivity contribution < 1.29 is 23.9 Å². The van der Waals surface area contributed by atoms with Gasteiger partial charge in [-0.05, 0) is 94.2 Å².